The number of carbonyl (C=O) groups is 2. The van der Waals surface area contributed by atoms with E-state index in [1.165, 1.54) is 4.90 Å². The number of hydrogen-bond donors (Lipinski definition) is 3. The largest absolute Gasteiger partial charge is 0.355 e. The van der Waals surface area contributed by atoms with Crippen LogP contribution >= 0.6 is 24.0 Å². The highest BCUT2D eigenvalue weighted by atomic mass is 127. The number of amides is 2. The highest BCUT2D eigenvalue weighted by Gasteiger charge is 2.58. The second-order valence-corrected chi connectivity index (χ2v) is 10.2. The van der Waals surface area contributed by atoms with Gasteiger partial charge in [0.05, 0.1) is 18.1 Å². The lowest BCUT2D eigenvalue weighted by Gasteiger charge is -2.26. The molecule has 4 atom stereocenters. The first-order valence-electron chi connectivity index (χ1n) is 9.49. The van der Waals surface area contributed by atoms with Crippen LogP contribution in [0.2, 0.25) is 0 Å². The van der Waals surface area contributed by atoms with Gasteiger partial charge in [-0.2, -0.15) is 0 Å². The first kappa shape index (κ1) is 24.1. The van der Waals surface area contributed by atoms with Crippen molar-refractivity contribution in [1.82, 2.24) is 20.3 Å². The molecule has 1 saturated heterocycles. The molecule has 1 heterocycles. The van der Waals surface area contributed by atoms with Gasteiger partial charge in [0.2, 0.25) is 21.8 Å². The molecule has 2 fully saturated rings. The number of guanidine groups is 1. The maximum atomic E-state index is 12.7. The molecule has 0 spiro atoms. The van der Waals surface area contributed by atoms with Crippen molar-refractivity contribution in [3.8, 4) is 0 Å². The fourth-order valence-electron chi connectivity index (χ4n) is 4.53. The summed E-state index contributed by atoms with van der Waals surface area (Å²) in [4.78, 5) is 30.8. The first-order valence-corrected chi connectivity index (χ1v) is 11.4. The van der Waals surface area contributed by atoms with Gasteiger partial charge in [-0.15, -0.1) is 24.0 Å². The number of nitrogens with zero attached hydrogens (tertiary/aromatic N) is 2. The minimum atomic E-state index is -3.33. The number of imide groups is 1. The maximum Gasteiger partial charge on any atom is 0.233 e. The summed E-state index contributed by atoms with van der Waals surface area (Å²) >= 11 is 0. The third-order valence-electron chi connectivity index (χ3n) is 5.57. The highest BCUT2D eigenvalue weighted by Crippen LogP contribution is 2.52. The van der Waals surface area contributed by atoms with Crippen molar-refractivity contribution < 1.29 is 18.0 Å². The summed E-state index contributed by atoms with van der Waals surface area (Å²) in [5.41, 5.74) is -0.699. The second-order valence-electron chi connectivity index (χ2n) is 8.44. The molecule has 0 aromatic rings. The van der Waals surface area contributed by atoms with Crippen LogP contribution in [0.5, 0.6) is 0 Å². The molecule has 3 N–H and O–H groups in total. The van der Waals surface area contributed by atoms with Crippen LogP contribution in [0.25, 0.3) is 0 Å². The predicted octanol–water partition coefficient (Wildman–Crippen LogP) is -0.0957. The molecule has 11 heteroatoms. The van der Waals surface area contributed by atoms with E-state index in [0.717, 1.165) is 12.7 Å². The lowest BCUT2D eigenvalue weighted by atomic mass is 9.85. The second kappa shape index (κ2) is 8.88. The molecule has 2 amide bonds. The highest BCUT2D eigenvalue weighted by molar-refractivity contribution is 14.0. The van der Waals surface area contributed by atoms with Gasteiger partial charge in [-0.1, -0.05) is 12.2 Å². The smallest absolute Gasteiger partial charge is 0.233 e. The van der Waals surface area contributed by atoms with Crippen molar-refractivity contribution in [3.63, 3.8) is 0 Å². The molecule has 1 aliphatic heterocycles. The number of carbonyl (C=O) groups excluding carboxylic acids is 2. The maximum absolute atomic E-state index is 12.7. The van der Waals surface area contributed by atoms with Crippen LogP contribution in [-0.4, -0.2) is 69.6 Å². The van der Waals surface area contributed by atoms with E-state index < -0.39 is 15.6 Å². The standard InChI is InChI=1S/C18H29N5O4S.HI/c1-18(2,22-28(4,26)27)10-21-17(19-3)20-7-8-23-15(24)13-11-5-6-12(9-11)14(13)16(23)25;/h5-6,11-14,22H,7-10H2,1-4H3,(H2,19,20,21);1H. The van der Waals surface area contributed by atoms with E-state index >= 15 is 0 Å². The van der Waals surface area contributed by atoms with E-state index in [4.69, 9.17) is 0 Å². The Morgan fingerprint density at radius 3 is 2.21 bits per heavy atom. The van der Waals surface area contributed by atoms with Gasteiger partial charge < -0.3 is 10.6 Å². The summed E-state index contributed by atoms with van der Waals surface area (Å²) in [7, 11) is -1.72. The van der Waals surface area contributed by atoms with E-state index in [2.05, 4.69) is 32.5 Å². The number of likely N-dealkylation sites (tertiary alicyclic amines) is 1. The van der Waals surface area contributed by atoms with Gasteiger partial charge in [0.15, 0.2) is 5.96 Å². The molecule has 4 unspecified atom stereocenters. The van der Waals surface area contributed by atoms with Crippen molar-refractivity contribution in [2.45, 2.75) is 25.8 Å². The SMILES string of the molecule is CN=C(NCCN1C(=O)C2C3C=CC(C3)C2C1=O)NCC(C)(C)NS(C)(=O)=O.I. The van der Waals surface area contributed by atoms with Crippen molar-refractivity contribution >= 4 is 51.8 Å². The number of aliphatic imine (C=N–C) groups is 1. The third kappa shape index (κ3) is 5.29. The Bertz CT molecular complexity index is 796. The fourth-order valence-corrected chi connectivity index (χ4v) is 5.61. The molecule has 0 aromatic heterocycles. The van der Waals surface area contributed by atoms with Gasteiger partial charge in [0.25, 0.3) is 0 Å². The molecule has 0 aromatic carbocycles. The van der Waals surface area contributed by atoms with Crippen molar-refractivity contribution in [3.05, 3.63) is 12.2 Å². The Hall–Kier alpha value is -1.21. The molecule has 2 bridgehead atoms. The van der Waals surface area contributed by atoms with E-state index in [1.54, 1.807) is 20.9 Å². The summed E-state index contributed by atoms with van der Waals surface area (Å²) in [5.74, 6) is 0.423. The number of fused-ring (bicyclic) bond motifs is 5. The number of halogens is 1. The molecule has 164 valence electrons. The normalized spacial score (nSPS) is 28.6. The van der Waals surface area contributed by atoms with Crippen LogP contribution in [-0.2, 0) is 19.6 Å². The average Bonchev–Trinajstić information content (AvgIpc) is 3.24. The van der Waals surface area contributed by atoms with Crippen LogP contribution in [0.4, 0.5) is 0 Å². The molecular formula is C18H30IN5O4S. The molecular weight excluding hydrogens is 509 g/mol. The molecule has 2 aliphatic carbocycles. The summed E-state index contributed by atoms with van der Waals surface area (Å²) in [5, 5.41) is 6.13. The first-order chi connectivity index (χ1) is 13.0. The fraction of sp³-hybridized carbons (Fsp3) is 0.722. The average molecular weight is 539 g/mol. The van der Waals surface area contributed by atoms with Crippen LogP contribution < -0.4 is 15.4 Å². The van der Waals surface area contributed by atoms with Crippen LogP contribution in [0.3, 0.4) is 0 Å². The zero-order valence-electron chi connectivity index (χ0n) is 17.1. The van der Waals surface area contributed by atoms with Gasteiger partial charge >= 0.3 is 0 Å². The number of nitrogens with one attached hydrogen (secondary N) is 3. The van der Waals surface area contributed by atoms with Gasteiger partial charge in [0, 0.05) is 32.2 Å². The van der Waals surface area contributed by atoms with Gasteiger partial charge in [0.1, 0.15) is 0 Å². The van der Waals surface area contributed by atoms with Crippen molar-refractivity contribution in [2.24, 2.45) is 28.7 Å². The zero-order valence-corrected chi connectivity index (χ0v) is 20.3. The molecule has 0 radical (unpaired) electrons. The zero-order chi connectivity index (χ0) is 20.7. The number of hydrogen-bond acceptors (Lipinski definition) is 5. The summed E-state index contributed by atoms with van der Waals surface area (Å²) in [6.45, 7) is 4.50. The van der Waals surface area contributed by atoms with Crippen LogP contribution in [0.1, 0.15) is 20.3 Å². The Morgan fingerprint density at radius 2 is 1.72 bits per heavy atom. The number of sulfonamides is 1. The minimum absolute atomic E-state index is 0. The van der Waals surface area contributed by atoms with Crippen molar-refractivity contribution in [2.75, 3.05) is 32.9 Å². The molecule has 3 rings (SSSR count). The number of rotatable bonds is 7. The molecule has 1 saturated carbocycles. The van der Waals surface area contributed by atoms with Crippen LogP contribution in [0, 0.1) is 23.7 Å². The van der Waals surface area contributed by atoms with Crippen molar-refractivity contribution in [1.29, 1.82) is 0 Å². The van der Waals surface area contributed by atoms with Gasteiger partial charge in [-0.25, -0.2) is 13.1 Å². The van der Waals surface area contributed by atoms with E-state index in [1.807, 2.05) is 0 Å². The predicted molar refractivity (Wildman–Crippen MR) is 121 cm³/mol. The Morgan fingerprint density at radius 1 is 1.17 bits per heavy atom. The lowest BCUT2D eigenvalue weighted by Crippen LogP contribution is -2.53. The molecule has 29 heavy (non-hydrogen) atoms. The summed E-state index contributed by atoms with van der Waals surface area (Å²) in [6.07, 6.45) is 6.20. The topological polar surface area (TPSA) is 120 Å². The quantitative estimate of drug-likeness (QED) is 0.137. The summed E-state index contributed by atoms with van der Waals surface area (Å²) < 4.78 is 25.4. The third-order valence-corrected chi connectivity index (χ3v) is 6.50. The summed E-state index contributed by atoms with van der Waals surface area (Å²) in [6, 6.07) is 0. The molecule has 3 aliphatic rings. The van der Waals surface area contributed by atoms with E-state index in [-0.39, 0.29) is 66.0 Å². The van der Waals surface area contributed by atoms with Gasteiger partial charge in [-0.05, 0) is 32.1 Å². The van der Waals surface area contributed by atoms with E-state index in [9.17, 15) is 18.0 Å². The Balaban J connectivity index is 0.00000300. The molecule has 9 nitrogen and oxygen atoms in total. The number of allylic oxidation sites excluding steroid dienone is 2. The Kier molecular flexibility index (Phi) is 7.37. The monoisotopic (exact) mass is 539 g/mol. The van der Waals surface area contributed by atoms with Crippen LogP contribution in [0.15, 0.2) is 17.1 Å². The van der Waals surface area contributed by atoms with E-state index in [0.29, 0.717) is 19.0 Å². The lowest BCUT2D eigenvalue weighted by molar-refractivity contribution is -0.140. The van der Waals surface area contributed by atoms with Gasteiger partial charge in [-0.3, -0.25) is 19.5 Å². The Labute approximate surface area is 189 Å². The minimum Gasteiger partial charge on any atom is -0.355 e.